The molecule has 0 N–H and O–H groups in total. The molecule has 0 fully saturated rings. The maximum atomic E-state index is 2.59. The zero-order valence-corrected chi connectivity index (χ0v) is 41.3. The number of aryl methyl sites for hydroxylation is 4. The monoisotopic (exact) mass is 927 g/mol. The van der Waals surface area contributed by atoms with Gasteiger partial charge in [0.05, 0.1) is 39.1 Å². The van der Waals surface area contributed by atoms with Crippen molar-refractivity contribution in [3.05, 3.63) is 229 Å². The van der Waals surface area contributed by atoms with Gasteiger partial charge in [-0.3, -0.25) is 0 Å². The molecule has 346 valence electrons. The quantitative estimate of drug-likeness (QED) is 0.121. The molecule has 0 spiro atoms. The van der Waals surface area contributed by atoms with Crippen molar-refractivity contribution in [1.82, 2.24) is 13.7 Å². The highest BCUT2D eigenvalue weighted by Crippen LogP contribution is 2.45. The molecule has 0 radical (unpaired) electrons. The van der Waals surface area contributed by atoms with Crippen LogP contribution in [0.2, 0.25) is 0 Å². The van der Waals surface area contributed by atoms with Crippen molar-refractivity contribution in [3.63, 3.8) is 0 Å². The van der Waals surface area contributed by atoms with E-state index in [2.05, 4.69) is 257 Å². The molecule has 0 atom stereocenters. The third-order valence-electron chi connectivity index (χ3n) is 15.6. The summed E-state index contributed by atoms with van der Waals surface area (Å²) < 4.78 is 7.75. The number of fused-ring (bicyclic) bond motifs is 7. The van der Waals surface area contributed by atoms with E-state index < -0.39 is 0 Å². The van der Waals surface area contributed by atoms with Gasteiger partial charge in [-0.2, -0.15) is 0 Å². The molecule has 0 unspecified atom stereocenters. The van der Waals surface area contributed by atoms with E-state index >= 15 is 0 Å². The van der Waals surface area contributed by atoms with Gasteiger partial charge >= 0.3 is 0 Å². The van der Waals surface area contributed by atoms with Gasteiger partial charge in [0.2, 0.25) is 0 Å². The molecule has 12 aromatic rings. The summed E-state index contributed by atoms with van der Waals surface area (Å²) in [6.07, 6.45) is 4.36. The average Bonchev–Trinajstić information content (AvgIpc) is 4.07. The number of benzene rings is 9. The van der Waals surface area contributed by atoms with Crippen LogP contribution in [0.3, 0.4) is 0 Å². The van der Waals surface area contributed by atoms with Crippen molar-refractivity contribution in [3.8, 4) is 17.1 Å². The summed E-state index contributed by atoms with van der Waals surface area (Å²) in [6.45, 7) is 9.15. The molecule has 0 saturated carbocycles. The second-order valence-corrected chi connectivity index (χ2v) is 20.0. The Morgan fingerprint density at radius 3 is 1.15 bits per heavy atom. The average molecular weight is 928 g/mol. The fraction of sp³-hybridized carbons (Fsp3) is 0.121. The largest absolute Gasteiger partial charge is 0.315 e. The van der Waals surface area contributed by atoms with E-state index in [9.17, 15) is 0 Å². The van der Waals surface area contributed by atoms with Crippen LogP contribution in [-0.4, -0.2) is 20.4 Å². The van der Waals surface area contributed by atoms with Crippen molar-refractivity contribution in [2.45, 2.75) is 53.4 Å². The van der Waals surface area contributed by atoms with E-state index in [1.807, 2.05) is 0 Å². The first kappa shape index (κ1) is 42.4. The minimum absolute atomic E-state index is 0.0177. The van der Waals surface area contributed by atoms with Gasteiger partial charge in [0.15, 0.2) is 0 Å². The summed E-state index contributed by atoms with van der Waals surface area (Å²) in [4.78, 5) is 4.87. The number of para-hydroxylation sites is 4. The normalized spacial score (nSPS) is 12.4. The topological polar surface area (TPSA) is 21.3 Å². The third kappa shape index (κ3) is 6.27. The highest BCUT2D eigenvalue weighted by atomic mass is 15.2. The van der Waals surface area contributed by atoms with Crippen molar-refractivity contribution in [2.24, 2.45) is 0 Å². The van der Waals surface area contributed by atoms with Gasteiger partial charge < -0.3 is 23.5 Å². The number of nitrogens with zero attached hydrogens (tertiary/aromatic N) is 5. The fourth-order valence-corrected chi connectivity index (χ4v) is 12.7. The summed E-state index contributed by atoms with van der Waals surface area (Å²) in [6, 6.07) is 77.4. The molecule has 2 aliphatic rings. The Balaban J connectivity index is 1.09. The van der Waals surface area contributed by atoms with Crippen LogP contribution in [0.4, 0.5) is 34.1 Å². The van der Waals surface area contributed by atoms with Crippen LogP contribution in [0.1, 0.15) is 49.2 Å². The molecule has 5 heterocycles. The molecule has 72 heavy (non-hydrogen) atoms. The van der Waals surface area contributed by atoms with E-state index in [4.69, 9.17) is 0 Å². The maximum absolute atomic E-state index is 2.59. The van der Waals surface area contributed by atoms with Gasteiger partial charge in [-0.25, -0.2) is 0 Å². The number of anilines is 6. The Hall–Kier alpha value is -8.48. The Morgan fingerprint density at radius 1 is 0.389 bits per heavy atom. The molecule has 0 amide bonds. The van der Waals surface area contributed by atoms with E-state index in [1.165, 1.54) is 99.6 Å². The fourth-order valence-electron chi connectivity index (χ4n) is 12.7. The van der Waals surface area contributed by atoms with Gasteiger partial charge in [0.25, 0.3) is 6.71 Å². The smallest absolute Gasteiger partial charge is 0.252 e. The molecule has 9 aromatic carbocycles. The lowest BCUT2D eigenvalue weighted by Gasteiger charge is -2.36. The minimum atomic E-state index is -0.0177. The molecular weight excluding hydrogens is 874 g/mol. The van der Waals surface area contributed by atoms with Crippen LogP contribution in [0.25, 0.3) is 60.7 Å². The Kier molecular flexibility index (Phi) is 9.76. The van der Waals surface area contributed by atoms with Gasteiger partial charge in [0, 0.05) is 67.1 Å². The number of hydrogen-bond donors (Lipinski definition) is 0. The highest BCUT2D eigenvalue weighted by Gasteiger charge is 2.42. The molecule has 2 aliphatic heterocycles. The van der Waals surface area contributed by atoms with Gasteiger partial charge in [-0.1, -0.05) is 124 Å². The van der Waals surface area contributed by atoms with Crippen LogP contribution in [0.15, 0.2) is 206 Å². The Bertz CT molecular complexity index is 3750. The van der Waals surface area contributed by atoms with Crippen molar-refractivity contribution in [2.75, 3.05) is 9.80 Å². The lowest BCUT2D eigenvalue weighted by Crippen LogP contribution is -2.59. The van der Waals surface area contributed by atoms with Gasteiger partial charge in [0.1, 0.15) is 0 Å². The third-order valence-corrected chi connectivity index (χ3v) is 15.6. The first-order valence-corrected chi connectivity index (χ1v) is 25.8. The first-order chi connectivity index (χ1) is 35.5. The summed E-state index contributed by atoms with van der Waals surface area (Å²) in [5.74, 6) is 0. The molecule has 0 aliphatic carbocycles. The van der Waals surface area contributed by atoms with E-state index in [-0.39, 0.29) is 6.71 Å². The second-order valence-electron chi connectivity index (χ2n) is 20.0. The standard InChI is InChI=1S/C66H54BN5/c1-5-19-45-29-33-58-52(39-45)53-40-46(20-6-2)30-34-59(53)72(58)51-41-62-64-63(42-51)69-44(4)38-55-61(71(49-25-15-9-16-26-49)50-27-17-10-18-28-50)36-32-57(66(55)69)67(64)56-31-35-60(54-37-43(3)68(62)65(54)56)70(47-21-11-7-12-22-47)48-23-13-8-14-24-48/h7-18,21-42H,5-6,19-20H2,1-4H3. The van der Waals surface area contributed by atoms with Crippen molar-refractivity contribution >= 4 is 101 Å². The predicted octanol–water partition coefficient (Wildman–Crippen LogP) is 15.3. The molecule has 14 rings (SSSR count). The van der Waals surface area contributed by atoms with Crippen LogP contribution in [0, 0.1) is 13.8 Å². The summed E-state index contributed by atoms with van der Waals surface area (Å²) in [7, 11) is 0. The molecule has 3 aromatic heterocycles. The predicted molar refractivity (Wildman–Crippen MR) is 306 cm³/mol. The summed E-state index contributed by atoms with van der Waals surface area (Å²) >= 11 is 0. The maximum Gasteiger partial charge on any atom is 0.252 e. The Morgan fingerprint density at radius 2 is 0.778 bits per heavy atom. The number of aromatic nitrogens is 3. The molecule has 0 saturated heterocycles. The van der Waals surface area contributed by atoms with Gasteiger partial charge in [-0.15, -0.1) is 0 Å². The Labute approximate surface area is 421 Å². The minimum Gasteiger partial charge on any atom is -0.315 e. The van der Waals surface area contributed by atoms with E-state index in [0.717, 1.165) is 59.8 Å². The van der Waals surface area contributed by atoms with E-state index in [1.54, 1.807) is 0 Å². The number of hydrogen-bond acceptors (Lipinski definition) is 2. The van der Waals surface area contributed by atoms with Crippen LogP contribution < -0.4 is 26.2 Å². The zero-order chi connectivity index (χ0) is 48.2. The van der Waals surface area contributed by atoms with Crippen molar-refractivity contribution in [1.29, 1.82) is 0 Å². The SMILES string of the molecule is CCCc1ccc2c(c1)c1cc(CCC)ccc1n2-c1cc2c3c(c1)-n1c(C)cc4c(N(c5ccccc5)c5ccccc5)ccc(c41)B3c1ccc(N(c3ccccc3)c3ccccc3)c3cc(C)n-2c13. The van der Waals surface area contributed by atoms with Gasteiger partial charge in [-0.05, 0) is 163 Å². The zero-order valence-electron chi connectivity index (χ0n) is 41.3. The van der Waals surface area contributed by atoms with Crippen LogP contribution in [0.5, 0.6) is 0 Å². The van der Waals surface area contributed by atoms with Crippen LogP contribution >= 0.6 is 0 Å². The highest BCUT2D eigenvalue weighted by molar-refractivity contribution is 7.00. The molecule has 0 bridgehead atoms. The lowest BCUT2D eigenvalue weighted by molar-refractivity contribution is 0.923. The molecule has 5 nitrogen and oxygen atoms in total. The lowest BCUT2D eigenvalue weighted by atomic mass is 9.34. The van der Waals surface area contributed by atoms with Crippen molar-refractivity contribution < 1.29 is 0 Å². The van der Waals surface area contributed by atoms with E-state index in [0.29, 0.717) is 0 Å². The molecule has 6 heteroatoms. The summed E-state index contributed by atoms with van der Waals surface area (Å²) in [5, 5.41) is 5.13. The summed E-state index contributed by atoms with van der Waals surface area (Å²) in [5.41, 5.74) is 24.7. The number of rotatable bonds is 11. The van der Waals surface area contributed by atoms with Crippen LogP contribution in [-0.2, 0) is 12.8 Å². The molecular formula is C66H54BN5. The second kappa shape index (κ2) is 16.6. The first-order valence-electron chi connectivity index (χ1n) is 25.8.